The first-order chi connectivity index (χ1) is 7.22. The van der Waals surface area contributed by atoms with Crippen molar-refractivity contribution in [1.29, 1.82) is 0 Å². The highest BCUT2D eigenvalue weighted by atomic mass is 16.5. The van der Waals surface area contributed by atoms with Crippen LogP contribution in [0.4, 0.5) is 0 Å². The quantitative estimate of drug-likeness (QED) is 0.383. The summed E-state index contributed by atoms with van der Waals surface area (Å²) in [7, 11) is 0. The molecule has 3 heteroatoms. The van der Waals surface area contributed by atoms with Crippen LogP contribution in [0.1, 0.15) is 46.0 Å². The van der Waals surface area contributed by atoms with E-state index >= 15 is 0 Å². The minimum Gasteiger partial charge on any atom is -0.464 e. The molecule has 3 nitrogen and oxygen atoms in total. The van der Waals surface area contributed by atoms with Crippen LogP contribution >= 0.6 is 0 Å². The Morgan fingerprint density at radius 1 is 1.33 bits per heavy atom. The summed E-state index contributed by atoms with van der Waals surface area (Å²) in [5.74, 6) is -0.505. The number of carbonyl (C=O) groups is 1. The van der Waals surface area contributed by atoms with Gasteiger partial charge < -0.3 is 9.84 Å². The van der Waals surface area contributed by atoms with Crippen molar-refractivity contribution in [1.82, 2.24) is 0 Å². The van der Waals surface area contributed by atoms with Gasteiger partial charge in [-0.15, -0.1) is 0 Å². The van der Waals surface area contributed by atoms with Crippen LogP contribution in [-0.4, -0.2) is 23.8 Å². The van der Waals surface area contributed by atoms with Crippen molar-refractivity contribution in [3.05, 3.63) is 12.2 Å². The SMILES string of the molecule is CCC/C=C/CCCOC(=O)C(O)CC. The van der Waals surface area contributed by atoms with Crippen molar-refractivity contribution in [3.63, 3.8) is 0 Å². The average Bonchev–Trinajstić information content (AvgIpc) is 2.26. The average molecular weight is 214 g/mol. The van der Waals surface area contributed by atoms with E-state index in [1.807, 2.05) is 0 Å². The molecule has 0 rings (SSSR count). The third-order valence-corrected chi connectivity index (χ3v) is 2.04. The summed E-state index contributed by atoms with van der Waals surface area (Å²) in [4.78, 5) is 11.0. The summed E-state index contributed by atoms with van der Waals surface area (Å²) in [6.45, 7) is 4.28. The molecule has 0 aromatic rings. The van der Waals surface area contributed by atoms with Crippen molar-refractivity contribution in [2.24, 2.45) is 0 Å². The van der Waals surface area contributed by atoms with E-state index in [9.17, 15) is 4.79 Å². The number of unbranched alkanes of at least 4 members (excludes halogenated alkanes) is 2. The monoisotopic (exact) mass is 214 g/mol. The second kappa shape index (κ2) is 9.71. The van der Waals surface area contributed by atoms with Crippen molar-refractivity contribution in [2.75, 3.05) is 6.61 Å². The summed E-state index contributed by atoms with van der Waals surface area (Å²) in [6.07, 6.45) is 7.71. The topological polar surface area (TPSA) is 46.5 Å². The molecule has 0 aliphatic rings. The number of rotatable bonds is 8. The van der Waals surface area contributed by atoms with E-state index in [0.29, 0.717) is 13.0 Å². The standard InChI is InChI=1S/C12H22O3/c1-3-5-6-7-8-9-10-15-12(14)11(13)4-2/h6-7,11,13H,3-5,8-10H2,1-2H3/b7-6+. The number of allylic oxidation sites excluding steroid dienone is 2. The third-order valence-electron chi connectivity index (χ3n) is 2.04. The molecule has 0 saturated carbocycles. The van der Waals surface area contributed by atoms with E-state index < -0.39 is 12.1 Å². The van der Waals surface area contributed by atoms with Crippen molar-refractivity contribution in [2.45, 2.75) is 52.1 Å². The Kier molecular flexibility index (Phi) is 9.18. The Hall–Kier alpha value is -0.830. The molecule has 0 heterocycles. The predicted molar refractivity (Wildman–Crippen MR) is 60.5 cm³/mol. The lowest BCUT2D eigenvalue weighted by Crippen LogP contribution is -2.22. The second-order valence-corrected chi connectivity index (χ2v) is 3.49. The number of esters is 1. The van der Waals surface area contributed by atoms with Crippen LogP contribution in [0, 0.1) is 0 Å². The van der Waals surface area contributed by atoms with E-state index in [2.05, 4.69) is 19.1 Å². The molecule has 1 unspecified atom stereocenters. The molecule has 15 heavy (non-hydrogen) atoms. The molecular formula is C12H22O3. The highest BCUT2D eigenvalue weighted by Crippen LogP contribution is 1.98. The fourth-order valence-electron chi connectivity index (χ4n) is 1.04. The Balaban J connectivity index is 3.34. The van der Waals surface area contributed by atoms with Gasteiger partial charge in [-0.3, -0.25) is 0 Å². The Bertz CT molecular complexity index is 187. The van der Waals surface area contributed by atoms with E-state index in [-0.39, 0.29) is 0 Å². The van der Waals surface area contributed by atoms with E-state index in [0.717, 1.165) is 25.7 Å². The highest BCUT2D eigenvalue weighted by molar-refractivity contribution is 5.74. The van der Waals surface area contributed by atoms with Gasteiger partial charge in [-0.05, 0) is 25.7 Å². The second-order valence-electron chi connectivity index (χ2n) is 3.49. The van der Waals surface area contributed by atoms with Gasteiger partial charge in [0, 0.05) is 0 Å². The predicted octanol–water partition coefficient (Wildman–Crippen LogP) is 2.44. The number of aliphatic hydroxyl groups is 1. The molecule has 0 amide bonds. The highest BCUT2D eigenvalue weighted by Gasteiger charge is 2.12. The Morgan fingerprint density at radius 3 is 2.60 bits per heavy atom. The molecule has 0 radical (unpaired) electrons. The molecule has 0 spiro atoms. The zero-order valence-electron chi connectivity index (χ0n) is 9.74. The number of ether oxygens (including phenoxy) is 1. The van der Waals surface area contributed by atoms with Gasteiger partial charge in [-0.1, -0.05) is 32.4 Å². The van der Waals surface area contributed by atoms with Gasteiger partial charge in [0.05, 0.1) is 6.61 Å². The third kappa shape index (κ3) is 8.18. The van der Waals surface area contributed by atoms with Crippen LogP contribution in [0.25, 0.3) is 0 Å². The van der Waals surface area contributed by atoms with Crippen LogP contribution in [0.3, 0.4) is 0 Å². The van der Waals surface area contributed by atoms with E-state index in [4.69, 9.17) is 9.84 Å². The molecule has 1 N–H and O–H groups in total. The maximum Gasteiger partial charge on any atom is 0.334 e. The van der Waals surface area contributed by atoms with E-state index in [1.54, 1.807) is 6.92 Å². The minimum absolute atomic E-state index is 0.395. The van der Waals surface area contributed by atoms with Gasteiger partial charge in [0.1, 0.15) is 0 Å². The van der Waals surface area contributed by atoms with Crippen LogP contribution < -0.4 is 0 Å². The molecule has 0 saturated heterocycles. The van der Waals surface area contributed by atoms with Gasteiger partial charge >= 0.3 is 5.97 Å². The zero-order valence-corrected chi connectivity index (χ0v) is 9.74. The Morgan fingerprint density at radius 2 is 2.00 bits per heavy atom. The summed E-state index contributed by atoms with van der Waals surface area (Å²) in [5, 5.41) is 9.11. The fourth-order valence-corrected chi connectivity index (χ4v) is 1.04. The lowest BCUT2D eigenvalue weighted by Gasteiger charge is -2.07. The van der Waals surface area contributed by atoms with Crippen molar-refractivity contribution < 1.29 is 14.6 Å². The molecule has 0 bridgehead atoms. The summed E-state index contributed by atoms with van der Waals surface area (Å²) in [6, 6.07) is 0. The first kappa shape index (κ1) is 14.2. The summed E-state index contributed by atoms with van der Waals surface area (Å²) >= 11 is 0. The molecule has 0 aliphatic heterocycles. The number of aliphatic hydroxyl groups excluding tert-OH is 1. The summed E-state index contributed by atoms with van der Waals surface area (Å²) in [5.41, 5.74) is 0. The first-order valence-electron chi connectivity index (χ1n) is 5.72. The fraction of sp³-hybridized carbons (Fsp3) is 0.750. The first-order valence-corrected chi connectivity index (χ1v) is 5.72. The maximum atomic E-state index is 11.0. The van der Waals surface area contributed by atoms with E-state index in [1.165, 1.54) is 0 Å². The number of carbonyl (C=O) groups excluding carboxylic acids is 1. The van der Waals surface area contributed by atoms with Crippen LogP contribution in [0.5, 0.6) is 0 Å². The maximum absolute atomic E-state index is 11.0. The normalized spacial score (nSPS) is 13.0. The molecule has 0 aromatic carbocycles. The van der Waals surface area contributed by atoms with Gasteiger partial charge in [0.25, 0.3) is 0 Å². The van der Waals surface area contributed by atoms with Crippen molar-refractivity contribution in [3.8, 4) is 0 Å². The van der Waals surface area contributed by atoms with Gasteiger partial charge in [0.2, 0.25) is 0 Å². The van der Waals surface area contributed by atoms with Crippen LogP contribution in [0.15, 0.2) is 12.2 Å². The van der Waals surface area contributed by atoms with Gasteiger partial charge in [-0.25, -0.2) is 4.79 Å². The molecular weight excluding hydrogens is 192 g/mol. The van der Waals surface area contributed by atoms with Crippen molar-refractivity contribution >= 4 is 5.97 Å². The van der Waals surface area contributed by atoms with Crippen LogP contribution in [-0.2, 0) is 9.53 Å². The summed E-state index contributed by atoms with van der Waals surface area (Å²) < 4.78 is 4.88. The molecule has 88 valence electrons. The lowest BCUT2D eigenvalue weighted by atomic mass is 10.2. The zero-order chi connectivity index (χ0) is 11.5. The van der Waals surface area contributed by atoms with Gasteiger partial charge in [0.15, 0.2) is 6.10 Å². The lowest BCUT2D eigenvalue weighted by molar-refractivity contribution is -0.153. The minimum atomic E-state index is -0.958. The van der Waals surface area contributed by atoms with Gasteiger partial charge in [-0.2, -0.15) is 0 Å². The molecule has 0 fully saturated rings. The smallest absolute Gasteiger partial charge is 0.334 e. The number of hydrogen-bond acceptors (Lipinski definition) is 3. The van der Waals surface area contributed by atoms with Crippen LogP contribution in [0.2, 0.25) is 0 Å². The Labute approximate surface area is 92.1 Å². The number of hydrogen-bond donors (Lipinski definition) is 1. The molecule has 0 aliphatic carbocycles. The molecule has 0 aromatic heterocycles. The molecule has 1 atom stereocenters. The largest absolute Gasteiger partial charge is 0.464 e.